The fraction of sp³-hybridized carbons (Fsp3) is 0.450. The van der Waals surface area contributed by atoms with Crippen LogP contribution < -0.4 is 10.1 Å². The van der Waals surface area contributed by atoms with Gasteiger partial charge in [0.1, 0.15) is 16.1 Å². The normalized spacial score (nSPS) is 15.7. The van der Waals surface area contributed by atoms with Gasteiger partial charge in [-0.1, -0.05) is 18.2 Å². The predicted molar refractivity (Wildman–Crippen MR) is 132 cm³/mol. The zero-order valence-electron chi connectivity index (χ0n) is 17.4. The molecule has 1 aliphatic rings. The van der Waals surface area contributed by atoms with Crippen LogP contribution in [0.4, 0.5) is 0 Å². The maximum atomic E-state index is 12.2. The van der Waals surface area contributed by atoms with Crippen molar-refractivity contribution >= 4 is 51.3 Å². The van der Waals surface area contributed by atoms with E-state index in [9.17, 15) is 8.42 Å². The smallest absolute Gasteiger partial charge is 0.252 e. The van der Waals surface area contributed by atoms with Gasteiger partial charge >= 0.3 is 0 Å². The number of aliphatic imine (C=N–C) groups is 1. The van der Waals surface area contributed by atoms with Crippen molar-refractivity contribution in [1.82, 2.24) is 14.5 Å². The molecule has 1 aromatic carbocycles. The number of para-hydroxylation sites is 1. The Balaban J connectivity index is 0.00000320. The first kappa shape index (κ1) is 24.9. The first-order chi connectivity index (χ1) is 13.9. The molecule has 0 radical (unpaired) electrons. The van der Waals surface area contributed by atoms with Crippen LogP contribution in [0.25, 0.3) is 0 Å². The minimum Gasteiger partial charge on any atom is -0.490 e. The highest BCUT2D eigenvalue weighted by atomic mass is 127. The predicted octanol–water partition coefficient (Wildman–Crippen LogP) is 3.24. The molecule has 1 aromatic heterocycles. The molecule has 1 aliphatic heterocycles. The number of likely N-dealkylation sites (tertiary alicyclic amines) is 1. The van der Waals surface area contributed by atoms with Crippen LogP contribution in [0.1, 0.15) is 17.7 Å². The molecular formula is C20H29IN4O3S2. The van der Waals surface area contributed by atoms with Crippen LogP contribution in [0.15, 0.2) is 51.7 Å². The van der Waals surface area contributed by atoms with E-state index in [0.29, 0.717) is 10.8 Å². The highest BCUT2D eigenvalue weighted by Gasteiger charge is 2.23. The molecule has 0 bridgehead atoms. The molecule has 10 heteroatoms. The van der Waals surface area contributed by atoms with E-state index in [1.54, 1.807) is 27.2 Å². The number of ether oxygens (including phenoxy) is 1. The lowest BCUT2D eigenvalue weighted by molar-refractivity contribution is 0.129. The minimum atomic E-state index is -3.38. The quantitative estimate of drug-likeness (QED) is 0.332. The number of nitrogens with one attached hydrogen (secondary N) is 1. The molecule has 2 aromatic rings. The number of nitrogens with zero attached hydrogens (tertiary/aromatic N) is 3. The molecule has 2 heterocycles. The lowest BCUT2D eigenvalue weighted by Crippen LogP contribution is -2.47. The Bertz CT molecular complexity index is 925. The van der Waals surface area contributed by atoms with E-state index >= 15 is 0 Å². The molecule has 3 rings (SSSR count). The Hall–Kier alpha value is -1.37. The molecule has 166 valence electrons. The summed E-state index contributed by atoms with van der Waals surface area (Å²) in [5.74, 6) is 1.74. The molecule has 1 fully saturated rings. The van der Waals surface area contributed by atoms with Crippen molar-refractivity contribution in [1.29, 1.82) is 0 Å². The molecule has 0 unspecified atom stereocenters. The summed E-state index contributed by atoms with van der Waals surface area (Å²) in [6.45, 7) is 2.27. The van der Waals surface area contributed by atoms with E-state index in [0.717, 1.165) is 42.5 Å². The van der Waals surface area contributed by atoms with Gasteiger partial charge in [0, 0.05) is 52.0 Å². The number of benzene rings is 1. The Kier molecular flexibility index (Phi) is 9.38. The van der Waals surface area contributed by atoms with E-state index in [-0.39, 0.29) is 30.1 Å². The highest BCUT2D eigenvalue weighted by Crippen LogP contribution is 2.24. The summed E-state index contributed by atoms with van der Waals surface area (Å²) in [6, 6.07) is 13.4. The molecular weight excluding hydrogens is 535 g/mol. The molecule has 0 saturated carbocycles. The Morgan fingerprint density at radius 2 is 1.87 bits per heavy atom. The Morgan fingerprint density at radius 1 is 1.20 bits per heavy atom. The van der Waals surface area contributed by atoms with Gasteiger partial charge in [0.2, 0.25) is 0 Å². The molecule has 0 atom stereocenters. The average molecular weight is 565 g/mol. The molecule has 30 heavy (non-hydrogen) atoms. The summed E-state index contributed by atoms with van der Waals surface area (Å²) >= 11 is 1.28. The zero-order chi connectivity index (χ0) is 20.9. The van der Waals surface area contributed by atoms with Crippen LogP contribution >= 0.6 is 35.3 Å². The van der Waals surface area contributed by atoms with Crippen molar-refractivity contribution in [2.24, 2.45) is 4.99 Å². The van der Waals surface area contributed by atoms with Gasteiger partial charge in [-0.05, 0) is 24.3 Å². The van der Waals surface area contributed by atoms with E-state index in [4.69, 9.17) is 4.74 Å². The van der Waals surface area contributed by atoms with Gasteiger partial charge in [-0.3, -0.25) is 4.99 Å². The van der Waals surface area contributed by atoms with Gasteiger partial charge in [-0.15, -0.1) is 35.3 Å². The third-order valence-corrected chi connectivity index (χ3v) is 8.16. The number of piperidine rings is 1. The summed E-state index contributed by atoms with van der Waals surface area (Å²) in [6.07, 6.45) is 2.07. The second-order valence-electron chi connectivity index (χ2n) is 7.03. The molecule has 1 N–H and O–H groups in total. The number of sulfonamides is 1. The van der Waals surface area contributed by atoms with Crippen molar-refractivity contribution in [3.05, 3.63) is 47.3 Å². The van der Waals surface area contributed by atoms with Gasteiger partial charge in [-0.2, -0.15) is 0 Å². The summed E-state index contributed by atoms with van der Waals surface area (Å²) in [4.78, 5) is 7.56. The number of rotatable bonds is 6. The zero-order valence-corrected chi connectivity index (χ0v) is 21.4. The number of thiophene rings is 1. The first-order valence-electron chi connectivity index (χ1n) is 9.58. The van der Waals surface area contributed by atoms with E-state index in [1.165, 1.54) is 15.6 Å². The monoisotopic (exact) mass is 564 g/mol. The van der Waals surface area contributed by atoms with Crippen molar-refractivity contribution in [2.45, 2.75) is 29.7 Å². The lowest BCUT2D eigenvalue weighted by atomic mass is 10.1. The fourth-order valence-electron chi connectivity index (χ4n) is 3.15. The second-order valence-corrected chi connectivity index (χ2v) is 10.6. The van der Waals surface area contributed by atoms with Gasteiger partial charge in [0.25, 0.3) is 10.0 Å². The first-order valence-corrected chi connectivity index (χ1v) is 11.8. The van der Waals surface area contributed by atoms with E-state index in [2.05, 4.69) is 15.2 Å². The van der Waals surface area contributed by atoms with Gasteiger partial charge in [0.05, 0.1) is 6.54 Å². The van der Waals surface area contributed by atoms with Crippen molar-refractivity contribution in [3.8, 4) is 5.75 Å². The lowest BCUT2D eigenvalue weighted by Gasteiger charge is -2.34. The number of guanidine groups is 1. The van der Waals surface area contributed by atoms with E-state index < -0.39 is 10.0 Å². The summed E-state index contributed by atoms with van der Waals surface area (Å²) < 4.78 is 32.1. The van der Waals surface area contributed by atoms with Crippen molar-refractivity contribution in [3.63, 3.8) is 0 Å². The number of hydrogen-bond acceptors (Lipinski definition) is 5. The third kappa shape index (κ3) is 6.32. The number of halogens is 1. The molecule has 0 amide bonds. The third-order valence-electron chi connectivity index (χ3n) is 4.79. The largest absolute Gasteiger partial charge is 0.490 e. The summed E-state index contributed by atoms with van der Waals surface area (Å²) in [5, 5.41) is 3.35. The van der Waals surface area contributed by atoms with E-state index in [1.807, 2.05) is 36.4 Å². The van der Waals surface area contributed by atoms with Crippen molar-refractivity contribution < 1.29 is 13.2 Å². The Labute approximate surface area is 200 Å². The topological polar surface area (TPSA) is 74.2 Å². The number of hydrogen-bond donors (Lipinski definition) is 1. The van der Waals surface area contributed by atoms with Crippen LogP contribution in [-0.4, -0.2) is 63.9 Å². The van der Waals surface area contributed by atoms with Crippen LogP contribution in [-0.2, 0) is 16.6 Å². The molecule has 1 saturated heterocycles. The van der Waals surface area contributed by atoms with Crippen molar-refractivity contribution in [2.75, 3.05) is 34.2 Å². The maximum absolute atomic E-state index is 12.2. The average Bonchev–Trinajstić information content (AvgIpc) is 3.20. The molecule has 0 aliphatic carbocycles. The SMILES string of the molecule is CN=C(NCc1ccc(S(=O)(=O)N(C)C)s1)N1CCC(Oc2ccccc2)CC1.I. The van der Waals surface area contributed by atoms with Crippen LogP contribution in [0.3, 0.4) is 0 Å². The summed E-state index contributed by atoms with van der Waals surface area (Å²) in [5.41, 5.74) is 0. The fourth-order valence-corrected chi connectivity index (χ4v) is 5.61. The van der Waals surface area contributed by atoms with Gasteiger partial charge in [-0.25, -0.2) is 12.7 Å². The van der Waals surface area contributed by atoms with Gasteiger partial charge < -0.3 is 15.0 Å². The van der Waals surface area contributed by atoms with Crippen LogP contribution in [0.2, 0.25) is 0 Å². The Morgan fingerprint density at radius 3 is 2.47 bits per heavy atom. The maximum Gasteiger partial charge on any atom is 0.252 e. The molecule has 0 spiro atoms. The highest BCUT2D eigenvalue weighted by molar-refractivity contribution is 14.0. The second kappa shape index (κ2) is 11.3. The van der Waals surface area contributed by atoms with Crippen LogP contribution in [0, 0.1) is 0 Å². The minimum absolute atomic E-state index is 0. The standard InChI is InChI=1S/C20H28N4O3S2.HI/c1-21-20(22-15-18-9-10-19(28-18)29(25,26)23(2)3)24-13-11-17(12-14-24)27-16-7-5-4-6-8-16;/h4-10,17H,11-15H2,1-3H3,(H,21,22);1H. The van der Waals surface area contributed by atoms with Crippen LogP contribution in [0.5, 0.6) is 5.75 Å². The molecule has 7 nitrogen and oxygen atoms in total. The van der Waals surface area contributed by atoms with Gasteiger partial charge in [0.15, 0.2) is 5.96 Å². The summed E-state index contributed by atoms with van der Waals surface area (Å²) in [7, 11) is 1.47.